The third kappa shape index (κ3) is 4.74. The maximum absolute atomic E-state index is 12.6. The molecule has 1 fully saturated rings. The molecule has 1 saturated heterocycles. The van der Waals surface area contributed by atoms with Gasteiger partial charge in [-0.05, 0) is 38.0 Å². The van der Waals surface area contributed by atoms with Crippen LogP contribution in [-0.4, -0.2) is 63.4 Å². The number of nitrogens with zero attached hydrogens (tertiary/aromatic N) is 1. The van der Waals surface area contributed by atoms with Crippen LogP contribution >= 0.6 is 0 Å². The fraction of sp³-hybridized carbons (Fsp3) is 0.556. The number of hydrogen-bond acceptors (Lipinski definition) is 7. The molecule has 1 amide bonds. The fourth-order valence-electron chi connectivity index (χ4n) is 3.21. The summed E-state index contributed by atoms with van der Waals surface area (Å²) in [5, 5.41) is 2.61. The van der Waals surface area contributed by atoms with Gasteiger partial charge in [-0.3, -0.25) is 9.59 Å². The van der Waals surface area contributed by atoms with Crippen LogP contribution in [0.2, 0.25) is 0 Å². The molecule has 9 nitrogen and oxygen atoms in total. The van der Waals surface area contributed by atoms with Crippen LogP contribution in [0.25, 0.3) is 0 Å². The summed E-state index contributed by atoms with van der Waals surface area (Å²) in [4.78, 5) is 24.1. The smallest absolute Gasteiger partial charge is 0.310 e. The molecular formula is C18H24N2O7S. The van der Waals surface area contributed by atoms with Gasteiger partial charge < -0.3 is 19.5 Å². The van der Waals surface area contributed by atoms with Crippen molar-refractivity contribution in [2.24, 2.45) is 5.92 Å². The molecule has 2 heterocycles. The Morgan fingerprint density at radius 2 is 2.07 bits per heavy atom. The van der Waals surface area contributed by atoms with Crippen LogP contribution in [0.5, 0.6) is 11.5 Å². The molecule has 0 bridgehead atoms. The number of sulfonamides is 1. The van der Waals surface area contributed by atoms with E-state index in [4.69, 9.17) is 14.2 Å². The second-order valence-corrected chi connectivity index (χ2v) is 8.68. The van der Waals surface area contributed by atoms with Gasteiger partial charge in [-0.2, -0.15) is 0 Å². The Morgan fingerprint density at radius 3 is 2.86 bits per heavy atom. The molecule has 1 N–H and O–H groups in total. The Kier molecular flexibility index (Phi) is 6.40. The third-order valence-electron chi connectivity index (χ3n) is 4.68. The van der Waals surface area contributed by atoms with Crippen LogP contribution < -0.4 is 14.8 Å². The lowest BCUT2D eigenvalue weighted by molar-refractivity contribution is -0.149. The largest absolute Gasteiger partial charge is 0.466 e. The molecule has 1 aromatic rings. The van der Waals surface area contributed by atoms with E-state index in [9.17, 15) is 18.0 Å². The summed E-state index contributed by atoms with van der Waals surface area (Å²) in [6.45, 7) is 2.56. The molecule has 3 rings (SSSR count). The normalized spacial score (nSPS) is 19.2. The first kappa shape index (κ1) is 20.4. The number of carbonyl (C=O) groups excluding carboxylic acids is 2. The van der Waals surface area contributed by atoms with Gasteiger partial charge in [0.15, 0.2) is 11.5 Å². The van der Waals surface area contributed by atoms with Crippen LogP contribution in [0.4, 0.5) is 0 Å². The van der Waals surface area contributed by atoms with E-state index in [0.717, 1.165) is 0 Å². The minimum atomic E-state index is -3.59. The predicted octanol–water partition coefficient (Wildman–Crippen LogP) is 0.750. The zero-order chi connectivity index (χ0) is 20.1. The maximum atomic E-state index is 12.6. The SMILES string of the molecule is CCOC(=O)[C@H]1CCCN(S(=O)(=O)CCNC(=O)c2ccc3c(c2)OCO3)C1. The molecule has 0 aromatic heterocycles. The number of fused-ring (bicyclic) bond motifs is 1. The molecule has 1 atom stereocenters. The minimum absolute atomic E-state index is 0.0316. The molecule has 0 aliphatic carbocycles. The fourth-order valence-corrected chi connectivity index (χ4v) is 4.64. The Balaban J connectivity index is 1.52. The molecule has 0 unspecified atom stereocenters. The monoisotopic (exact) mass is 412 g/mol. The second kappa shape index (κ2) is 8.78. The molecule has 2 aliphatic heterocycles. The quantitative estimate of drug-likeness (QED) is 0.658. The maximum Gasteiger partial charge on any atom is 0.310 e. The van der Waals surface area contributed by atoms with Gasteiger partial charge >= 0.3 is 5.97 Å². The van der Waals surface area contributed by atoms with Crippen molar-refractivity contribution >= 4 is 21.9 Å². The summed E-state index contributed by atoms with van der Waals surface area (Å²) in [5.41, 5.74) is 0.363. The molecule has 0 saturated carbocycles. The summed E-state index contributed by atoms with van der Waals surface area (Å²) in [6, 6.07) is 4.78. The summed E-state index contributed by atoms with van der Waals surface area (Å²) < 4.78 is 41.9. The number of piperidine rings is 1. The number of nitrogens with one attached hydrogen (secondary N) is 1. The van der Waals surface area contributed by atoms with Gasteiger partial charge in [-0.15, -0.1) is 0 Å². The van der Waals surface area contributed by atoms with Crippen molar-refractivity contribution in [3.8, 4) is 11.5 Å². The van der Waals surface area contributed by atoms with Crippen LogP contribution in [0.1, 0.15) is 30.1 Å². The zero-order valence-corrected chi connectivity index (χ0v) is 16.5. The number of esters is 1. The number of hydrogen-bond donors (Lipinski definition) is 1. The van der Waals surface area contributed by atoms with E-state index >= 15 is 0 Å². The van der Waals surface area contributed by atoms with Crippen molar-refractivity contribution in [1.29, 1.82) is 0 Å². The van der Waals surface area contributed by atoms with Crippen LogP contribution in [0.15, 0.2) is 18.2 Å². The first-order chi connectivity index (χ1) is 13.4. The van der Waals surface area contributed by atoms with Gasteiger partial charge in [0.25, 0.3) is 5.91 Å². The molecule has 1 aromatic carbocycles. The van der Waals surface area contributed by atoms with Crippen molar-refractivity contribution in [2.45, 2.75) is 19.8 Å². The van der Waals surface area contributed by atoms with Gasteiger partial charge in [0.2, 0.25) is 16.8 Å². The highest BCUT2D eigenvalue weighted by molar-refractivity contribution is 7.89. The molecule has 0 spiro atoms. The molecule has 28 heavy (non-hydrogen) atoms. The standard InChI is InChI=1S/C18H24N2O7S/c1-2-25-18(22)14-4-3-8-20(11-14)28(23,24)9-7-19-17(21)13-5-6-15-16(10-13)27-12-26-15/h5-6,10,14H,2-4,7-9,11-12H2,1H3,(H,19,21)/t14-/m0/s1. The highest BCUT2D eigenvalue weighted by Crippen LogP contribution is 2.32. The summed E-state index contributed by atoms with van der Waals surface area (Å²) in [7, 11) is -3.59. The van der Waals surface area contributed by atoms with E-state index in [1.165, 1.54) is 4.31 Å². The lowest BCUT2D eigenvalue weighted by Gasteiger charge is -2.30. The minimum Gasteiger partial charge on any atom is -0.466 e. The summed E-state index contributed by atoms with van der Waals surface area (Å²) in [6.07, 6.45) is 1.22. The van der Waals surface area contributed by atoms with Crippen molar-refractivity contribution in [3.63, 3.8) is 0 Å². The number of amides is 1. The van der Waals surface area contributed by atoms with E-state index in [1.54, 1.807) is 25.1 Å². The average Bonchev–Trinajstić information content (AvgIpc) is 3.16. The van der Waals surface area contributed by atoms with Crippen molar-refractivity contribution in [1.82, 2.24) is 9.62 Å². The summed E-state index contributed by atoms with van der Waals surface area (Å²) in [5.74, 6) is -0.375. The highest BCUT2D eigenvalue weighted by Gasteiger charge is 2.32. The third-order valence-corrected chi connectivity index (χ3v) is 6.52. The van der Waals surface area contributed by atoms with Crippen molar-refractivity contribution in [2.75, 3.05) is 38.8 Å². The van der Waals surface area contributed by atoms with Crippen LogP contribution in [-0.2, 0) is 19.6 Å². The lowest BCUT2D eigenvalue weighted by Crippen LogP contribution is -2.45. The first-order valence-corrected chi connectivity index (χ1v) is 10.8. The number of benzene rings is 1. The molecule has 2 aliphatic rings. The molecule has 10 heteroatoms. The van der Waals surface area contributed by atoms with Crippen molar-refractivity contribution in [3.05, 3.63) is 23.8 Å². The summed E-state index contributed by atoms with van der Waals surface area (Å²) >= 11 is 0. The van der Waals surface area contributed by atoms with Gasteiger partial charge in [0.05, 0.1) is 18.3 Å². The molecular weight excluding hydrogens is 388 g/mol. The van der Waals surface area contributed by atoms with E-state index in [0.29, 0.717) is 36.4 Å². The Hall–Kier alpha value is -2.33. The number of carbonyl (C=O) groups is 2. The molecule has 154 valence electrons. The Morgan fingerprint density at radius 1 is 1.29 bits per heavy atom. The molecule has 0 radical (unpaired) electrons. The lowest BCUT2D eigenvalue weighted by atomic mass is 10.0. The topological polar surface area (TPSA) is 111 Å². The predicted molar refractivity (Wildman–Crippen MR) is 99.6 cm³/mol. The van der Waals surface area contributed by atoms with Gasteiger partial charge in [-0.1, -0.05) is 0 Å². The zero-order valence-electron chi connectivity index (χ0n) is 15.7. The first-order valence-electron chi connectivity index (χ1n) is 9.23. The van der Waals surface area contributed by atoms with Crippen LogP contribution in [0, 0.1) is 5.92 Å². The van der Waals surface area contributed by atoms with Crippen LogP contribution in [0.3, 0.4) is 0 Å². The van der Waals surface area contributed by atoms with E-state index in [1.807, 2.05) is 0 Å². The van der Waals surface area contributed by atoms with Gasteiger partial charge in [0.1, 0.15) is 0 Å². The highest BCUT2D eigenvalue weighted by atomic mass is 32.2. The Bertz CT molecular complexity index is 840. The second-order valence-electron chi connectivity index (χ2n) is 6.59. The van der Waals surface area contributed by atoms with Crippen molar-refractivity contribution < 1.29 is 32.2 Å². The van der Waals surface area contributed by atoms with E-state index in [2.05, 4.69) is 5.32 Å². The van der Waals surface area contributed by atoms with Gasteiger partial charge in [0, 0.05) is 25.2 Å². The average molecular weight is 412 g/mol. The Labute approximate surface area is 164 Å². The van der Waals surface area contributed by atoms with E-state index < -0.39 is 21.8 Å². The van der Waals surface area contributed by atoms with E-state index in [-0.39, 0.29) is 38.2 Å². The van der Waals surface area contributed by atoms with Gasteiger partial charge in [-0.25, -0.2) is 12.7 Å². The number of rotatable bonds is 7. The number of ether oxygens (including phenoxy) is 3.